The maximum Gasteiger partial charge on any atom is 0.246 e. The van der Waals surface area contributed by atoms with Crippen molar-refractivity contribution < 1.29 is 21.6 Å². The van der Waals surface area contributed by atoms with Gasteiger partial charge in [0.15, 0.2) is 9.84 Å². The van der Waals surface area contributed by atoms with Gasteiger partial charge in [0, 0.05) is 13.1 Å². The van der Waals surface area contributed by atoms with Crippen LogP contribution < -0.4 is 4.74 Å². The van der Waals surface area contributed by atoms with Crippen LogP contribution in [0, 0.1) is 13.8 Å². The fourth-order valence-corrected chi connectivity index (χ4v) is 7.99. The minimum absolute atomic E-state index is 0.0389. The quantitative estimate of drug-likeness (QED) is 0.757. The highest BCUT2D eigenvalue weighted by atomic mass is 32.2. The SMILES string of the molecule is COc1cc(C)c(C)cc1S(=O)(=O)N1CC(S(=O)(=O)C2CCCCC2)C1. The minimum Gasteiger partial charge on any atom is -0.495 e. The van der Waals surface area contributed by atoms with Gasteiger partial charge in [-0.2, -0.15) is 4.31 Å². The van der Waals surface area contributed by atoms with Gasteiger partial charge in [-0.05, 0) is 49.9 Å². The summed E-state index contributed by atoms with van der Waals surface area (Å²) in [5.74, 6) is 0.298. The average molecular weight is 402 g/mol. The summed E-state index contributed by atoms with van der Waals surface area (Å²) in [5.41, 5.74) is 1.80. The molecule has 0 unspecified atom stereocenters. The molecular formula is C18H27NO5S2. The van der Waals surface area contributed by atoms with E-state index in [2.05, 4.69) is 0 Å². The van der Waals surface area contributed by atoms with Crippen LogP contribution in [0.15, 0.2) is 17.0 Å². The first-order valence-electron chi connectivity index (χ1n) is 9.06. The van der Waals surface area contributed by atoms with Crippen molar-refractivity contribution in [2.24, 2.45) is 0 Å². The number of methoxy groups -OCH3 is 1. The molecule has 1 aliphatic carbocycles. The van der Waals surface area contributed by atoms with Gasteiger partial charge in [-0.15, -0.1) is 0 Å². The van der Waals surface area contributed by atoms with E-state index in [1.54, 1.807) is 12.1 Å². The Morgan fingerprint density at radius 1 is 0.923 bits per heavy atom. The van der Waals surface area contributed by atoms with Gasteiger partial charge in [0.05, 0.1) is 17.6 Å². The number of ether oxygens (including phenoxy) is 1. The number of sulfonamides is 1. The van der Waals surface area contributed by atoms with Crippen LogP contribution in [0.3, 0.4) is 0 Å². The summed E-state index contributed by atoms with van der Waals surface area (Å²) in [5, 5.41) is -0.889. The van der Waals surface area contributed by atoms with Crippen molar-refractivity contribution in [3.8, 4) is 5.75 Å². The van der Waals surface area contributed by atoms with Crippen LogP contribution in [0.1, 0.15) is 43.2 Å². The van der Waals surface area contributed by atoms with E-state index in [0.29, 0.717) is 18.6 Å². The van der Waals surface area contributed by atoms with Crippen molar-refractivity contribution in [2.75, 3.05) is 20.2 Å². The summed E-state index contributed by atoms with van der Waals surface area (Å²) < 4.78 is 57.9. The minimum atomic E-state index is -3.76. The zero-order chi connectivity index (χ0) is 19.1. The predicted octanol–water partition coefficient (Wildman–Crippen LogP) is 2.43. The Bertz CT molecular complexity index is 880. The predicted molar refractivity (Wildman–Crippen MR) is 101 cm³/mol. The lowest BCUT2D eigenvalue weighted by atomic mass is 10.0. The molecule has 0 spiro atoms. The number of sulfone groups is 1. The number of hydrogen-bond donors (Lipinski definition) is 0. The largest absolute Gasteiger partial charge is 0.495 e. The third-order valence-corrected chi connectivity index (χ3v) is 10.2. The van der Waals surface area contributed by atoms with E-state index in [1.165, 1.54) is 11.4 Å². The molecule has 2 aliphatic rings. The molecule has 0 atom stereocenters. The molecule has 0 aromatic heterocycles. The van der Waals surface area contributed by atoms with Gasteiger partial charge in [0.1, 0.15) is 10.6 Å². The van der Waals surface area contributed by atoms with Gasteiger partial charge in [-0.25, -0.2) is 16.8 Å². The Kier molecular flexibility index (Phi) is 5.38. The highest BCUT2D eigenvalue weighted by Gasteiger charge is 2.47. The number of benzene rings is 1. The van der Waals surface area contributed by atoms with Crippen LogP contribution in [-0.2, 0) is 19.9 Å². The van der Waals surface area contributed by atoms with Crippen molar-refractivity contribution in [2.45, 2.75) is 61.3 Å². The molecule has 1 aromatic rings. The van der Waals surface area contributed by atoms with Gasteiger partial charge >= 0.3 is 0 Å². The molecule has 1 aromatic carbocycles. The second kappa shape index (κ2) is 7.13. The summed E-state index contributed by atoms with van der Waals surface area (Å²) in [6.45, 7) is 3.82. The lowest BCUT2D eigenvalue weighted by Gasteiger charge is -2.40. The van der Waals surface area contributed by atoms with E-state index in [0.717, 1.165) is 30.4 Å². The normalized spacial score (nSPS) is 20.7. The molecule has 1 heterocycles. The van der Waals surface area contributed by atoms with Crippen molar-refractivity contribution in [3.63, 3.8) is 0 Å². The van der Waals surface area contributed by atoms with Crippen molar-refractivity contribution in [1.82, 2.24) is 4.31 Å². The molecule has 26 heavy (non-hydrogen) atoms. The second-order valence-corrected chi connectivity index (χ2v) is 11.8. The fourth-order valence-electron chi connectivity index (χ4n) is 3.73. The summed E-state index contributed by atoms with van der Waals surface area (Å²) in [6.07, 6.45) is 4.38. The topological polar surface area (TPSA) is 80.8 Å². The molecule has 1 saturated carbocycles. The van der Waals surface area contributed by atoms with Gasteiger partial charge < -0.3 is 4.74 Å². The third kappa shape index (κ3) is 3.39. The molecule has 0 N–H and O–H groups in total. The number of nitrogens with zero attached hydrogens (tertiary/aromatic N) is 1. The summed E-state index contributed by atoms with van der Waals surface area (Å²) in [6, 6.07) is 3.31. The molecule has 6 nitrogen and oxygen atoms in total. The van der Waals surface area contributed by atoms with Crippen LogP contribution in [0.2, 0.25) is 0 Å². The Morgan fingerprint density at radius 3 is 2.08 bits per heavy atom. The Hall–Kier alpha value is -1.12. The number of rotatable bonds is 5. The van der Waals surface area contributed by atoms with Gasteiger partial charge in [-0.1, -0.05) is 19.3 Å². The zero-order valence-corrected chi connectivity index (χ0v) is 17.2. The first-order valence-corrected chi connectivity index (χ1v) is 12.1. The van der Waals surface area contributed by atoms with E-state index in [9.17, 15) is 16.8 Å². The van der Waals surface area contributed by atoms with Gasteiger partial charge in [0.25, 0.3) is 0 Å². The lowest BCUT2D eigenvalue weighted by molar-refractivity contribution is 0.304. The smallest absolute Gasteiger partial charge is 0.246 e. The first-order chi connectivity index (χ1) is 12.2. The van der Waals surface area contributed by atoms with E-state index in [-0.39, 0.29) is 23.2 Å². The molecule has 0 radical (unpaired) electrons. The summed E-state index contributed by atoms with van der Waals surface area (Å²) in [4.78, 5) is 0.108. The van der Waals surface area contributed by atoms with Crippen LogP contribution in [0.4, 0.5) is 0 Å². The third-order valence-electron chi connectivity index (χ3n) is 5.69. The molecule has 1 saturated heterocycles. The van der Waals surface area contributed by atoms with Gasteiger partial charge in [0.2, 0.25) is 10.0 Å². The summed E-state index contributed by atoms with van der Waals surface area (Å²) >= 11 is 0. The molecule has 146 valence electrons. The Morgan fingerprint density at radius 2 is 1.50 bits per heavy atom. The molecule has 0 bridgehead atoms. The van der Waals surface area contributed by atoms with E-state index < -0.39 is 25.1 Å². The van der Waals surface area contributed by atoms with Crippen LogP contribution in [0.25, 0.3) is 0 Å². The standard InChI is InChI=1S/C18H27NO5S2/c1-13-9-17(24-3)18(10-14(13)2)26(22,23)19-11-16(12-19)25(20,21)15-7-5-4-6-8-15/h9-10,15-16H,4-8,11-12H2,1-3H3. The summed E-state index contributed by atoms with van der Waals surface area (Å²) in [7, 11) is -5.59. The van der Waals surface area contributed by atoms with Crippen molar-refractivity contribution in [3.05, 3.63) is 23.3 Å². The Balaban J connectivity index is 1.79. The zero-order valence-electron chi connectivity index (χ0n) is 15.6. The van der Waals surface area contributed by atoms with E-state index >= 15 is 0 Å². The molecule has 1 aliphatic heterocycles. The lowest BCUT2D eigenvalue weighted by Crippen LogP contribution is -2.58. The first kappa shape index (κ1) is 19.6. The molecular weight excluding hydrogens is 374 g/mol. The highest BCUT2D eigenvalue weighted by Crippen LogP contribution is 2.35. The average Bonchev–Trinajstić information content (AvgIpc) is 2.55. The molecule has 2 fully saturated rings. The molecule has 0 amide bonds. The fraction of sp³-hybridized carbons (Fsp3) is 0.667. The van der Waals surface area contributed by atoms with Crippen molar-refractivity contribution >= 4 is 19.9 Å². The van der Waals surface area contributed by atoms with Crippen molar-refractivity contribution in [1.29, 1.82) is 0 Å². The molecule has 3 rings (SSSR count). The van der Waals surface area contributed by atoms with Crippen LogP contribution >= 0.6 is 0 Å². The highest BCUT2D eigenvalue weighted by molar-refractivity contribution is 7.93. The number of aryl methyl sites for hydroxylation is 2. The van der Waals surface area contributed by atoms with E-state index in [4.69, 9.17) is 4.74 Å². The maximum absolute atomic E-state index is 13.0. The molecule has 8 heteroatoms. The Labute approximate surface area is 156 Å². The van der Waals surface area contributed by atoms with Gasteiger partial charge in [-0.3, -0.25) is 0 Å². The number of hydrogen-bond acceptors (Lipinski definition) is 5. The van der Waals surface area contributed by atoms with E-state index in [1.807, 2.05) is 13.8 Å². The monoisotopic (exact) mass is 401 g/mol. The second-order valence-electron chi connectivity index (χ2n) is 7.38. The maximum atomic E-state index is 13.0. The van der Waals surface area contributed by atoms with Crippen LogP contribution in [-0.4, -0.2) is 51.8 Å². The van der Waals surface area contributed by atoms with Crippen LogP contribution in [0.5, 0.6) is 5.75 Å².